The fourth-order valence-corrected chi connectivity index (χ4v) is 14.1. The van der Waals surface area contributed by atoms with Crippen LogP contribution in [0.15, 0.2) is 22.1 Å². The predicted octanol–water partition coefficient (Wildman–Crippen LogP) is 9.12. The van der Waals surface area contributed by atoms with Crippen LogP contribution < -0.4 is 0 Å². The van der Waals surface area contributed by atoms with E-state index in [0.29, 0.717) is 10.3 Å². The van der Waals surface area contributed by atoms with Crippen molar-refractivity contribution < 1.29 is 19.2 Å². The van der Waals surface area contributed by atoms with Gasteiger partial charge in [0.15, 0.2) is 34.6 Å². The lowest BCUT2D eigenvalue weighted by Crippen LogP contribution is -2.30. The zero-order chi connectivity index (χ0) is 34.9. The minimum absolute atomic E-state index is 0.0712. The Morgan fingerprint density at radius 3 is 1.19 bits per heavy atom. The van der Waals surface area contributed by atoms with Gasteiger partial charge in [-0.15, -0.1) is 0 Å². The first-order valence-corrected chi connectivity index (χ1v) is 21.6. The first-order valence-electron chi connectivity index (χ1n) is 19.9. The molecule has 52 heavy (non-hydrogen) atoms. The summed E-state index contributed by atoms with van der Waals surface area (Å²) in [7, 11) is 0. The fraction of sp³-hybridized carbons (Fsp3) is 0.571. The van der Waals surface area contributed by atoms with E-state index in [0.717, 1.165) is 124 Å². The smallest absolute Gasteiger partial charge is 0.210 e. The second-order valence-corrected chi connectivity index (χ2v) is 18.9. The molecule has 2 aromatic heterocycles. The van der Waals surface area contributed by atoms with Crippen molar-refractivity contribution in [2.75, 3.05) is 0 Å². The second-order valence-electron chi connectivity index (χ2n) is 16.9. The number of fused-ring (bicyclic) bond motifs is 12. The van der Waals surface area contributed by atoms with Gasteiger partial charge < -0.3 is 0 Å². The number of ketones is 4. The molecule has 8 nitrogen and oxygen atoms in total. The quantitative estimate of drug-likeness (QED) is 0.260. The van der Waals surface area contributed by atoms with Crippen LogP contribution in [0, 0.1) is 23.7 Å². The number of Topliss-reactive ketones (excluding diaryl/α,β-unsaturated/α-hetero) is 4. The standard InChI is InChI=1S/C42H42N4O4S2/c47-31-21-11-3-4-12-22(21)32(48)29(31)43-39-45-37-35(51-39)25-20-28-26(19-27(25)41(37)15-7-1-8-16-41)36-38(42(28)17-9-2-10-18-42)46-40(52-36)44-30-33(49)23-13-5-6-14-24(23)34(30)50/h19-24H,1-18H2. The lowest BCUT2D eigenvalue weighted by Gasteiger charge is -2.36. The normalized spacial score (nSPS) is 29.3. The lowest BCUT2D eigenvalue weighted by molar-refractivity contribution is -0.120. The highest BCUT2D eigenvalue weighted by atomic mass is 32.1. The van der Waals surface area contributed by atoms with Gasteiger partial charge in [-0.05, 0) is 85.8 Å². The minimum atomic E-state index is -0.222. The van der Waals surface area contributed by atoms with Crippen molar-refractivity contribution in [1.29, 1.82) is 0 Å². The Labute approximate surface area is 311 Å². The Morgan fingerprint density at radius 1 is 0.500 bits per heavy atom. The molecule has 10 heteroatoms. The summed E-state index contributed by atoms with van der Waals surface area (Å²) in [5.41, 5.74) is 7.13. The van der Waals surface area contributed by atoms with Gasteiger partial charge in [-0.3, -0.25) is 19.2 Å². The number of hydrogen-bond donors (Lipinski definition) is 0. The number of carbonyl (C=O) groups excluding carboxylic acids is 4. The summed E-state index contributed by atoms with van der Waals surface area (Å²) in [5.74, 6) is -1.07. The van der Waals surface area contributed by atoms with Crippen molar-refractivity contribution in [2.24, 2.45) is 33.7 Å². The summed E-state index contributed by atoms with van der Waals surface area (Å²) in [6.45, 7) is 0. The number of hydrogen-bond acceptors (Lipinski definition) is 10. The van der Waals surface area contributed by atoms with Crippen molar-refractivity contribution in [3.05, 3.63) is 34.6 Å². The third kappa shape index (κ3) is 4.25. The number of thiazole rings is 2. The van der Waals surface area contributed by atoms with Gasteiger partial charge in [0.1, 0.15) is 0 Å². The van der Waals surface area contributed by atoms with Crippen molar-refractivity contribution in [2.45, 2.75) is 126 Å². The minimum Gasteiger partial charge on any atom is -0.292 e. The third-order valence-electron chi connectivity index (χ3n) is 14.5. The van der Waals surface area contributed by atoms with Crippen LogP contribution in [-0.4, -0.2) is 44.5 Å². The Balaban J connectivity index is 1.03. The van der Waals surface area contributed by atoms with Crippen LogP contribution in [0.1, 0.15) is 138 Å². The number of aliphatic imine (C=N–C) groups is 2. The van der Waals surface area contributed by atoms with E-state index >= 15 is 0 Å². The Bertz CT molecular complexity index is 1990. The molecule has 8 aliphatic carbocycles. The summed E-state index contributed by atoms with van der Waals surface area (Å²) in [6.07, 6.45) is 18.1. The third-order valence-corrected chi connectivity index (χ3v) is 16.4. The largest absolute Gasteiger partial charge is 0.292 e. The summed E-state index contributed by atoms with van der Waals surface area (Å²) in [4.78, 5) is 75.9. The molecule has 2 spiro atoms. The molecule has 11 rings (SSSR count). The zero-order valence-electron chi connectivity index (χ0n) is 29.4. The highest BCUT2D eigenvalue weighted by molar-refractivity contribution is 7.19. The molecule has 4 atom stereocenters. The molecule has 8 aliphatic rings. The highest BCUT2D eigenvalue weighted by Crippen LogP contribution is 2.64. The summed E-state index contributed by atoms with van der Waals surface area (Å²) in [5, 5.41) is 1.09. The maximum atomic E-state index is 13.4. The molecule has 0 amide bonds. The predicted molar refractivity (Wildman–Crippen MR) is 202 cm³/mol. The molecule has 1 aromatic carbocycles. The van der Waals surface area contributed by atoms with Crippen LogP contribution >= 0.6 is 22.7 Å². The first-order chi connectivity index (χ1) is 25.4. The summed E-state index contributed by atoms with van der Waals surface area (Å²) in [6, 6.07) is 4.89. The van der Waals surface area contributed by atoms with E-state index in [9.17, 15) is 19.2 Å². The van der Waals surface area contributed by atoms with Crippen molar-refractivity contribution in [3.63, 3.8) is 0 Å². The number of nitrogens with zero attached hydrogens (tertiary/aromatic N) is 4. The molecule has 2 heterocycles. The average Bonchev–Trinajstić information content (AvgIpc) is 3.99. The number of benzene rings is 1. The van der Waals surface area contributed by atoms with E-state index in [1.54, 1.807) is 22.7 Å². The molecule has 0 bridgehead atoms. The van der Waals surface area contributed by atoms with Crippen LogP contribution in [0.4, 0.5) is 10.3 Å². The molecule has 0 saturated heterocycles. The lowest BCUT2D eigenvalue weighted by atomic mass is 9.67. The van der Waals surface area contributed by atoms with Gasteiger partial charge in [-0.1, -0.05) is 86.9 Å². The van der Waals surface area contributed by atoms with Crippen LogP contribution in [0.5, 0.6) is 0 Å². The fourth-order valence-electron chi connectivity index (χ4n) is 11.9. The molecular weight excluding hydrogens is 689 g/mol. The molecule has 0 radical (unpaired) electrons. The zero-order valence-corrected chi connectivity index (χ0v) is 31.1. The topological polar surface area (TPSA) is 119 Å². The van der Waals surface area contributed by atoms with Gasteiger partial charge in [-0.25, -0.2) is 20.0 Å². The number of aromatic nitrogens is 2. The van der Waals surface area contributed by atoms with Gasteiger partial charge in [0.2, 0.25) is 10.3 Å². The van der Waals surface area contributed by atoms with Crippen LogP contribution in [0.25, 0.3) is 20.9 Å². The van der Waals surface area contributed by atoms with E-state index in [4.69, 9.17) is 20.0 Å². The summed E-state index contributed by atoms with van der Waals surface area (Å²) < 4.78 is 0. The van der Waals surface area contributed by atoms with Crippen molar-refractivity contribution >= 4 is 67.5 Å². The van der Waals surface area contributed by atoms with E-state index < -0.39 is 0 Å². The maximum absolute atomic E-state index is 13.4. The average molecular weight is 731 g/mol. The monoisotopic (exact) mass is 730 g/mol. The van der Waals surface area contributed by atoms with E-state index in [1.165, 1.54) is 35.1 Å². The first kappa shape index (κ1) is 32.0. The van der Waals surface area contributed by atoms with Crippen molar-refractivity contribution in [3.8, 4) is 20.9 Å². The van der Waals surface area contributed by atoms with Gasteiger partial charge >= 0.3 is 0 Å². The number of rotatable bonds is 2. The molecule has 4 unspecified atom stereocenters. The molecule has 266 valence electrons. The van der Waals surface area contributed by atoms with Crippen molar-refractivity contribution in [1.82, 2.24) is 9.97 Å². The summed E-state index contributed by atoms with van der Waals surface area (Å²) >= 11 is 3.11. The Morgan fingerprint density at radius 2 is 0.846 bits per heavy atom. The Kier molecular flexibility index (Phi) is 7.07. The van der Waals surface area contributed by atoms with E-state index in [-0.39, 0.29) is 69.1 Å². The van der Waals surface area contributed by atoms with Gasteiger partial charge in [-0.2, -0.15) is 0 Å². The number of carbonyl (C=O) groups is 4. The maximum Gasteiger partial charge on any atom is 0.210 e. The van der Waals surface area contributed by atoms with Crippen LogP contribution in [-0.2, 0) is 30.0 Å². The molecule has 6 fully saturated rings. The van der Waals surface area contributed by atoms with E-state index in [1.807, 2.05) is 0 Å². The highest BCUT2D eigenvalue weighted by Gasteiger charge is 2.53. The van der Waals surface area contributed by atoms with E-state index in [2.05, 4.69) is 12.1 Å². The SMILES string of the molecule is O=C1C(=Nc2nc3c(s2)-c2cc4c(cc2C32CCCCC2)-c2sc(N=C3C(=O)C5CCCCC5C3=O)nc2C42CCCCC2)C(=O)C2CCCCC12. The molecule has 0 N–H and O–H groups in total. The second kappa shape index (κ2) is 11.5. The Hall–Kier alpha value is -3.50. The van der Waals surface area contributed by atoms with Crippen LogP contribution in [0.2, 0.25) is 0 Å². The molecular formula is C42H42N4O4S2. The molecule has 3 aromatic rings. The molecule has 6 saturated carbocycles. The van der Waals surface area contributed by atoms with Gasteiger partial charge in [0.25, 0.3) is 0 Å². The van der Waals surface area contributed by atoms with Crippen LogP contribution in [0.3, 0.4) is 0 Å². The molecule has 0 aliphatic heterocycles. The van der Waals surface area contributed by atoms with Gasteiger partial charge in [0, 0.05) is 34.5 Å². The van der Waals surface area contributed by atoms with Gasteiger partial charge in [0.05, 0.1) is 21.1 Å².